The zero-order chi connectivity index (χ0) is 14.7. The highest BCUT2D eigenvalue weighted by Crippen LogP contribution is 2.18. The molecule has 3 atom stereocenters. The van der Waals surface area contributed by atoms with E-state index in [4.69, 9.17) is 0 Å². The fourth-order valence-corrected chi connectivity index (χ4v) is 2.51. The Hall–Kier alpha value is -1.69. The van der Waals surface area contributed by atoms with Gasteiger partial charge in [0.2, 0.25) is 11.8 Å². The molecule has 20 heavy (non-hydrogen) atoms. The largest absolute Gasteiger partial charge is 0.301 e. The van der Waals surface area contributed by atoms with Crippen molar-refractivity contribution in [2.24, 2.45) is 0 Å². The summed E-state index contributed by atoms with van der Waals surface area (Å²) in [6, 6.07) is 1.51. The lowest BCUT2D eigenvalue weighted by Gasteiger charge is -2.23. The molecule has 0 radical (unpaired) electrons. The first kappa shape index (κ1) is 14.7. The van der Waals surface area contributed by atoms with E-state index in [1.54, 1.807) is 6.20 Å². The normalized spacial score (nSPS) is 22.4. The summed E-state index contributed by atoms with van der Waals surface area (Å²) in [5.74, 6) is -0.176. The summed E-state index contributed by atoms with van der Waals surface area (Å²) in [4.78, 5) is 25.6. The van der Waals surface area contributed by atoms with E-state index in [0.717, 1.165) is 6.42 Å². The van der Waals surface area contributed by atoms with Crippen molar-refractivity contribution in [2.75, 3.05) is 0 Å². The molecule has 2 amide bonds. The van der Waals surface area contributed by atoms with Gasteiger partial charge in [0.1, 0.15) is 0 Å². The Bertz CT molecular complexity index is 472. The number of carbonyl (C=O) groups excluding carboxylic acids is 2. The number of imide groups is 1. The SMILES string of the molecule is CCC(C)N1C(=O)CC(NC(C)Cn2cccn2)C1=O. The number of rotatable bonds is 6. The number of nitrogens with one attached hydrogen (secondary N) is 1. The Balaban J connectivity index is 1.93. The van der Waals surface area contributed by atoms with E-state index >= 15 is 0 Å². The molecule has 1 saturated heterocycles. The summed E-state index contributed by atoms with van der Waals surface area (Å²) < 4.78 is 1.81. The van der Waals surface area contributed by atoms with Crippen molar-refractivity contribution in [3.63, 3.8) is 0 Å². The van der Waals surface area contributed by atoms with E-state index in [-0.39, 0.29) is 30.3 Å². The van der Waals surface area contributed by atoms with E-state index in [1.165, 1.54) is 4.90 Å². The van der Waals surface area contributed by atoms with Gasteiger partial charge in [-0.3, -0.25) is 19.2 Å². The van der Waals surface area contributed by atoms with Gasteiger partial charge in [-0.05, 0) is 26.3 Å². The van der Waals surface area contributed by atoms with Crippen molar-refractivity contribution in [1.29, 1.82) is 0 Å². The number of amides is 2. The second kappa shape index (κ2) is 6.17. The van der Waals surface area contributed by atoms with Crippen LogP contribution in [0.15, 0.2) is 18.5 Å². The van der Waals surface area contributed by atoms with Gasteiger partial charge >= 0.3 is 0 Å². The van der Waals surface area contributed by atoms with Gasteiger partial charge in [0.05, 0.1) is 19.0 Å². The molecule has 3 unspecified atom stereocenters. The lowest BCUT2D eigenvalue weighted by molar-refractivity contribution is -0.141. The highest BCUT2D eigenvalue weighted by atomic mass is 16.2. The topological polar surface area (TPSA) is 67.2 Å². The summed E-state index contributed by atoms with van der Waals surface area (Å²) in [7, 11) is 0. The summed E-state index contributed by atoms with van der Waals surface area (Å²) in [5.41, 5.74) is 0. The Morgan fingerprint density at radius 3 is 2.80 bits per heavy atom. The molecule has 6 nitrogen and oxygen atoms in total. The van der Waals surface area contributed by atoms with E-state index in [1.807, 2.05) is 37.7 Å². The van der Waals surface area contributed by atoms with Crippen LogP contribution in [0.25, 0.3) is 0 Å². The van der Waals surface area contributed by atoms with Crippen molar-refractivity contribution in [3.05, 3.63) is 18.5 Å². The molecule has 1 aromatic rings. The van der Waals surface area contributed by atoms with Gasteiger partial charge in [-0.2, -0.15) is 5.10 Å². The molecule has 110 valence electrons. The first-order valence-electron chi connectivity index (χ1n) is 7.12. The van der Waals surface area contributed by atoms with Gasteiger partial charge in [0.25, 0.3) is 0 Å². The van der Waals surface area contributed by atoms with E-state index < -0.39 is 6.04 Å². The van der Waals surface area contributed by atoms with Crippen LogP contribution >= 0.6 is 0 Å². The zero-order valence-electron chi connectivity index (χ0n) is 12.2. The molecule has 6 heteroatoms. The fourth-order valence-electron chi connectivity index (χ4n) is 2.51. The van der Waals surface area contributed by atoms with Crippen LogP contribution in [-0.2, 0) is 16.1 Å². The molecule has 1 aromatic heterocycles. The minimum absolute atomic E-state index is 0.0248. The number of likely N-dealkylation sites (tertiary alicyclic amines) is 1. The second-order valence-corrected chi connectivity index (χ2v) is 5.41. The summed E-state index contributed by atoms with van der Waals surface area (Å²) in [6.07, 6.45) is 4.65. The van der Waals surface area contributed by atoms with Gasteiger partial charge in [0.15, 0.2) is 0 Å². The number of aromatic nitrogens is 2. The van der Waals surface area contributed by atoms with Crippen LogP contribution in [0, 0.1) is 0 Å². The van der Waals surface area contributed by atoms with Gasteiger partial charge in [-0.25, -0.2) is 0 Å². The highest BCUT2D eigenvalue weighted by Gasteiger charge is 2.40. The molecular weight excluding hydrogens is 256 g/mol. The van der Waals surface area contributed by atoms with Gasteiger partial charge in [0, 0.05) is 24.5 Å². The third kappa shape index (κ3) is 3.07. The second-order valence-electron chi connectivity index (χ2n) is 5.41. The summed E-state index contributed by atoms with van der Waals surface area (Å²) >= 11 is 0. The lowest BCUT2D eigenvalue weighted by Crippen LogP contribution is -2.46. The van der Waals surface area contributed by atoms with Gasteiger partial charge in [-0.15, -0.1) is 0 Å². The van der Waals surface area contributed by atoms with Crippen molar-refractivity contribution < 1.29 is 9.59 Å². The molecule has 2 rings (SSSR count). The quantitative estimate of drug-likeness (QED) is 0.781. The minimum Gasteiger partial charge on any atom is -0.301 e. The molecule has 2 heterocycles. The van der Waals surface area contributed by atoms with Gasteiger partial charge in [-0.1, -0.05) is 6.92 Å². The monoisotopic (exact) mass is 278 g/mol. The minimum atomic E-state index is -0.401. The Morgan fingerprint density at radius 1 is 1.45 bits per heavy atom. The maximum absolute atomic E-state index is 12.3. The van der Waals surface area contributed by atoms with Crippen molar-refractivity contribution in [3.8, 4) is 0 Å². The standard InChI is InChI=1S/C14H22N4O2/c1-4-11(3)18-13(19)8-12(14(18)20)16-10(2)9-17-7-5-6-15-17/h5-7,10-12,16H,4,8-9H2,1-3H3. The Labute approximate surface area is 119 Å². The number of nitrogens with zero attached hydrogens (tertiary/aromatic N) is 3. The third-order valence-corrected chi connectivity index (χ3v) is 3.72. The zero-order valence-corrected chi connectivity index (χ0v) is 12.2. The van der Waals surface area contributed by atoms with E-state index in [2.05, 4.69) is 10.4 Å². The first-order chi connectivity index (χ1) is 9.52. The van der Waals surface area contributed by atoms with Gasteiger partial charge < -0.3 is 5.32 Å². The Morgan fingerprint density at radius 2 is 2.20 bits per heavy atom. The molecule has 0 saturated carbocycles. The molecule has 1 aliphatic heterocycles. The number of hydrogen-bond donors (Lipinski definition) is 1. The molecular formula is C14H22N4O2. The van der Waals surface area contributed by atoms with Crippen LogP contribution in [0.4, 0.5) is 0 Å². The van der Waals surface area contributed by atoms with Crippen LogP contribution in [0.5, 0.6) is 0 Å². The van der Waals surface area contributed by atoms with Crippen LogP contribution in [-0.4, -0.2) is 44.6 Å². The van der Waals surface area contributed by atoms with Crippen molar-refractivity contribution in [1.82, 2.24) is 20.0 Å². The average Bonchev–Trinajstić information content (AvgIpc) is 2.98. The summed E-state index contributed by atoms with van der Waals surface area (Å²) in [6.45, 7) is 6.55. The van der Waals surface area contributed by atoms with Crippen LogP contribution < -0.4 is 5.32 Å². The maximum Gasteiger partial charge on any atom is 0.247 e. The predicted molar refractivity (Wildman–Crippen MR) is 74.8 cm³/mol. The van der Waals surface area contributed by atoms with Crippen LogP contribution in [0.2, 0.25) is 0 Å². The fraction of sp³-hybridized carbons (Fsp3) is 0.643. The molecule has 0 bridgehead atoms. The number of carbonyl (C=O) groups is 2. The third-order valence-electron chi connectivity index (χ3n) is 3.72. The van der Waals surface area contributed by atoms with Crippen LogP contribution in [0.1, 0.15) is 33.6 Å². The van der Waals surface area contributed by atoms with E-state index in [9.17, 15) is 9.59 Å². The smallest absolute Gasteiger partial charge is 0.247 e. The summed E-state index contributed by atoms with van der Waals surface area (Å²) in [5, 5.41) is 7.37. The van der Waals surface area contributed by atoms with Crippen molar-refractivity contribution in [2.45, 2.75) is 58.3 Å². The lowest BCUT2D eigenvalue weighted by atomic mass is 10.2. The molecule has 1 N–H and O–H groups in total. The molecule has 0 aliphatic carbocycles. The molecule has 0 aromatic carbocycles. The highest BCUT2D eigenvalue weighted by molar-refractivity contribution is 6.05. The van der Waals surface area contributed by atoms with Crippen LogP contribution in [0.3, 0.4) is 0 Å². The molecule has 0 spiro atoms. The predicted octanol–water partition coefficient (Wildman–Crippen LogP) is 0.787. The van der Waals surface area contributed by atoms with E-state index in [0.29, 0.717) is 6.54 Å². The Kier molecular flexibility index (Phi) is 4.54. The first-order valence-corrected chi connectivity index (χ1v) is 7.12. The number of hydrogen-bond acceptors (Lipinski definition) is 4. The molecule has 1 aliphatic rings. The maximum atomic E-state index is 12.3. The average molecular weight is 278 g/mol. The van der Waals surface area contributed by atoms with Crippen molar-refractivity contribution >= 4 is 11.8 Å². The molecule has 1 fully saturated rings.